The van der Waals surface area contributed by atoms with E-state index in [0.717, 1.165) is 7.11 Å². The maximum atomic E-state index is 11.0. The first-order chi connectivity index (χ1) is 6.87. The van der Waals surface area contributed by atoms with Crippen LogP contribution in [0.25, 0.3) is 0 Å². The quantitative estimate of drug-likeness (QED) is 0.291. The molecule has 90 valence electrons. The van der Waals surface area contributed by atoms with Crippen molar-refractivity contribution in [2.75, 3.05) is 13.7 Å². The average Bonchev–Trinajstić information content (AvgIpc) is 2.11. The second-order valence-electron chi connectivity index (χ2n) is 2.93. The molecule has 15 heavy (non-hydrogen) atoms. The molecule has 0 spiro atoms. The van der Waals surface area contributed by atoms with Crippen molar-refractivity contribution in [1.29, 1.82) is 0 Å². The number of rotatable bonds is 7. The third-order valence-corrected chi connectivity index (χ3v) is 2.03. The van der Waals surface area contributed by atoms with Crippen LogP contribution in [0.4, 0.5) is 0 Å². The van der Waals surface area contributed by atoms with Crippen LogP contribution in [0.3, 0.4) is 0 Å². The van der Waals surface area contributed by atoms with Crippen LogP contribution < -0.4 is 5.48 Å². The van der Waals surface area contributed by atoms with Crippen molar-refractivity contribution in [3.63, 3.8) is 0 Å². The standard InChI is InChI=1S/C7H16NO6P/c1-6(2)13-7(9)4-5-8-14-15(10,11)12-3/h6,8H,4-5H2,1-3H3,(H,10,11). The minimum absolute atomic E-state index is 0.0435. The van der Waals surface area contributed by atoms with E-state index in [1.165, 1.54) is 0 Å². The second-order valence-corrected chi connectivity index (χ2v) is 4.41. The number of carbonyl (C=O) groups excluding carboxylic acids is 1. The molecule has 1 atom stereocenters. The third-order valence-electron chi connectivity index (χ3n) is 1.21. The van der Waals surface area contributed by atoms with Crippen molar-refractivity contribution >= 4 is 13.8 Å². The summed E-state index contributed by atoms with van der Waals surface area (Å²) in [5.74, 6) is -0.411. The molecule has 0 aliphatic rings. The summed E-state index contributed by atoms with van der Waals surface area (Å²) in [6.07, 6.45) is -0.136. The Kier molecular flexibility index (Phi) is 6.71. The first-order valence-corrected chi connectivity index (χ1v) is 5.86. The molecule has 0 aromatic heterocycles. The molecule has 0 bridgehead atoms. The number of phosphoric ester groups is 1. The van der Waals surface area contributed by atoms with E-state index in [2.05, 4.69) is 14.6 Å². The summed E-state index contributed by atoms with van der Waals surface area (Å²) in [6.45, 7) is 3.53. The lowest BCUT2D eigenvalue weighted by atomic mass is 10.4. The number of phosphoric acid groups is 1. The summed E-state index contributed by atoms with van der Waals surface area (Å²) in [7, 11) is -2.99. The minimum atomic E-state index is -4.02. The lowest BCUT2D eigenvalue weighted by Crippen LogP contribution is -2.20. The van der Waals surface area contributed by atoms with Crippen molar-refractivity contribution in [3.05, 3.63) is 0 Å². The van der Waals surface area contributed by atoms with Crippen molar-refractivity contribution in [1.82, 2.24) is 5.48 Å². The molecule has 0 amide bonds. The van der Waals surface area contributed by atoms with Crippen LogP contribution in [-0.4, -0.2) is 30.6 Å². The van der Waals surface area contributed by atoms with Crippen molar-refractivity contribution in [2.45, 2.75) is 26.4 Å². The molecule has 0 rings (SSSR count). The Bertz CT molecular complexity index is 244. The average molecular weight is 241 g/mol. The van der Waals surface area contributed by atoms with Gasteiger partial charge in [0.15, 0.2) is 0 Å². The number of hydrogen-bond donors (Lipinski definition) is 2. The Balaban J connectivity index is 3.55. The zero-order chi connectivity index (χ0) is 11.9. The van der Waals surface area contributed by atoms with Crippen LogP contribution in [0.2, 0.25) is 0 Å². The number of hydroxylamine groups is 1. The molecule has 0 fully saturated rings. The summed E-state index contributed by atoms with van der Waals surface area (Å²) in [5, 5.41) is 0. The predicted molar refractivity (Wildman–Crippen MR) is 51.8 cm³/mol. The van der Waals surface area contributed by atoms with E-state index in [9.17, 15) is 9.36 Å². The molecule has 0 radical (unpaired) electrons. The lowest BCUT2D eigenvalue weighted by Gasteiger charge is -2.10. The molecule has 7 nitrogen and oxygen atoms in total. The maximum absolute atomic E-state index is 11.0. The summed E-state index contributed by atoms with van der Waals surface area (Å²) < 4.78 is 23.9. The van der Waals surface area contributed by atoms with E-state index in [-0.39, 0.29) is 19.1 Å². The van der Waals surface area contributed by atoms with Crippen LogP contribution in [0.15, 0.2) is 0 Å². The Morgan fingerprint density at radius 2 is 2.13 bits per heavy atom. The van der Waals surface area contributed by atoms with Gasteiger partial charge in [-0.1, -0.05) is 0 Å². The number of esters is 1. The van der Waals surface area contributed by atoms with Crippen LogP contribution in [-0.2, 0) is 23.2 Å². The highest BCUT2D eigenvalue weighted by Crippen LogP contribution is 2.40. The van der Waals surface area contributed by atoms with E-state index in [4.69, 9.17) is 9.63 Å². The summed E-state index contributed by atoms with van der Waals surface area (Å²) in [6, 6.07) is 0. The molecule has 0 heterocycles. The lowest BCUT2D eigenvalue weighted by molar-refractivity contribution is -0.147. The van der Waals surface area contributed by atoms with Gasteiger partial charge < -0.3 is 9.63 Å². The fourth-order valence-corrected chi connectivity index (χ4v) is 0.968. The zero-order valence-electron chi connectivity index (χ0n) is 8.93. The first kappa shape index (κ1) is 14.5. The van der Waals surface area contributed by atoms with Crippen LogP contribution in [0.1, 0.15) is 20.3 Å². The zero-order valence-corrected chi connectivity index (χ0v) is 9.82. The van der Waals surface area contributed by atoms with Gasteiger partial charge in [0.1, 0.15) is 0 Å². The molecule has 2 N–H and O–H groups in total. The Labute approximate surface area is 88.3 Å². The summed E-state index contributed by atoms with van der Waals surface area (Å²) in [4.78, 5) is 19.7. The van der Waals surface area contributed by atoms with Gasteiger partial charge in [-0.15, -0.1) is 0 Å². The molecule has 0 saturated carbocycles. The molecular formula is C7H16NO6P. The fourth-order valence-electron chi connectivity index (χ4n) is 0.639. The second kappa shape index (κ2) is 6.92. The van der Waals surface area contributed by atoms with E-state index in [0.29, 0.717) is 0 Å². The van der Waals surface area contributed by atoms with E-state index < -0.39 is 13.8 Å². The maximum Gasteiger partial charge on any atom is 0.488 e. The Morgan fingerprint density at radius 3 is 2.60 bits per heavy atom. The van der Waals surface area contributed by atoms with Crippen LogP contribution in [0.5, 0.6) is 0 Å². The monoisotopic (exact) mass is 241 g/mol. The van der Waals surface area contributed by atoms with Gasteiger partial charge in [0.2, 0.25) is 0 Å². The highest BCUT2D eigenvalue weighted by molar-refractivity contribution is 7.47. The molecule has 8 heteroatoms. The molecule has 0 aliphatic heterocycles. The number of nitrogens with one attached hydrogen (secondary N) is 1. The normalized spacial score (nSPS) is 15.0. The number of ether oxygens (including phenoxy) is 1. The van der Waals surface area contributed by atoms with Gasteiger partial charge in [0, 0.05) is 13.7 Å². The largest absolute Gasteiger partial charge is 0.488 e. The highest BCUT2D eigenvalue weighted by Gasteiger charge is 2.18. The van der Waals surface area contributed by atoms with Gasteiger partial charge in [-0.3, -0.25) is 9.32 Å². The number of hydrogen-bond acceptors (Lipinski definition) is 6. The van der Waals surface area contributed by atoms with Crippen molar-refractivity contribution < 1.29 is 28.1 Å². The molecule has 0 aromatic rings. The van der Waals surface area contributed by atoms with Gasteiger partial charge in [0.25, 0.3) is 0 Å². The Hall–Kier alpha value is -0.460. The van der Waals surface area contributed by atoms with Crippen LogP contribution in [0, 0.1) is 0 Å². The van der Waals surface area contributed by atoms with E-state index in [1.54, 1.807) is 13.8 Å². The summed E-state index contributed by atoms with van der Waals surface area (Å²) >= 11 is 0. The molecular weight excluding hydrogens is 225 g/mol. The predicted octanol–water partition coefficient (Wildman–Crippen LogP) is 0.596. The van der Waals surface area contributed by atoms with Gasteiger partial charge >= 0.3 is 13.8 Å². The van der Waals surface area contributed by atoms with Crippen molar-refractivity contribution in [2.24, 2.45) is 0 Å². The van der Waals surface area contributed by atoms with E-state index in [1.807, 2.05) is 0 Å². The van der Waals surface area contributed by atoms with Gasteiger partial charge in [0.05, 0.1) is 12.5 Å². The van der Waals surface area contributed by atoms with Crippen LogP contribution >= 0.6 is 7.82 Å². The molecule has 0 aromatic carbocycles. The smallest absolute Gasteiger partial charge is 0.463 e. The summed E-state index contributed by atoms with van der Waals surface area (Å²) in [5.41, 5.74) is 2.14. The van der Waals surface area contributed by atoms with Gasteiger partial charge in [-0.2, -0.15) is 10.1 Å². The molecule has 1 unspecified atom stereocenters. The topological polar surface area (TPSA) is 94.1 Å². The van der Waals surface area contributed by atoms with Gasteiger partial charge in [-0.25, -0.2) is 4.57 Å². The molecule has 0 saturated heterocycles. The van der Waals surface area contributed by atoms with Crippen molar-refractivity contribution in [3.8, 4) is 0 Å². The van der Waals surface area contributed by atoms with E-state index >= 15 is 0 Å². The minimum Gasteiger partial charge on any atom is -0.463 e. The van der Waals surface area contributed by atoms with Gasteiger partial charge in [-0.05, 0) is 13.8 Å². The fraction of sp³-hybridized carbons (Fsp3) is 0.857. The Morgan fingerprint density at radius 1 is 1.53 bits per heavy atom. The third kappa shape index (κ3) is 8.53. The molecule has 0 aliphatic carbocycles. The first-order valence-electron chi connectivity index (χ1n) is 4.37. The number of carbonyl (C=O) groups is 1. The highest BCUT2D eigenvalue weighted by atomic mass is 31.2. The SMILES string of the molecule is COP(=O)(O)ONCCC(=O)OC(C)C.